The first-order valence-electron chi connectivity index (χ1n) is 2.14. The molecule has 0 heterocycles. The molecule has 9 heavy (non-hydrogen) atoms. The normalized spacial score (nSPS) is 9.89. The van der Waals surface area contributed by atoms with Crippen LogP contribution in [0.3, 0.4) is 0 Å². The molecule has 0 rings (SSSR count). The van der Waals surface area contributed by atoms with Crippen molar-refractivity contribution >= 4 is 11.7 Å². The molecule has 0 unspecified atom stereocenters. The van der Waals surface area contributed by atoms with Crippen molar-refractivity contribution in [2.24, 2.45) is 5.10 Å². The molecule has 0 radical (unpaired) electrons. The maximum atomic E-state index is 11.7. The Hall–Kier alpha value is -0.930. The van der Waals surface area contributed by atoms with Crippen LogP contribution in [0.4, 0.5) is 4.39 Å². The number of hydrogen-bond acceptors (Lipinski definition) is 3. The van der Waals surface area contributed by atoms with Crippen LogP contribution in [0.5, 0.6) is 0 Å². The molecule has 0 saturated carbocycles. The number of nitrogens with one attached hydrogen (secondary N) is 2. The predicted molar refractivity (Wildman–Crippen MR) is 37.7 cm³/mol. The van der Waals surface area contributed by atoms with E-state index in [1.165, 1.54) is 6.92 Å². The fraction of sp³-hybridized carbons (Fsp3) is 0.600. The van der Waals surface area contributed by atoms with Gasteiger partial charge in [0.2, 0.25) is 5.97 Å². The second-order valence-corrected chi connectivity index (χ2v) is 1.23. The van der Waals surface area contributed by atoms with E-state index in [2.05, 4.69) is 10.5 Å². The summed E-state index contributed by atoms with van der Waals surface area (Å²) in [4.78, 5) is 0. The van der Waals surface area contributed by atoms with Crippen molar-refractivity contribution in [2.45, 2.75) is 14.4 Å². The number of rotatable bonds is 2. The van der Waals surface area contributed by atoms with E-state index in [-0.39, 0.29) is 13.1 Å². The van der Waals surface area contributed by atoms with Crippen molar-refractivity contribution < 1.29 is 4.39 Å². The van der Waals surface area contributed by atoms with Crippen molar-refractivity contribution in [1.29, 1.82) is 5.41 Å². The highest BCUT2D eigenvalue weighted by atomic mass is 19.1. The van der Waals surface area contributed by atoms with E-state index in [0.29, 0.717) is 0 Å². The lowest BCUT2D eigenvalue weighted by Gasteiger charge is -1.89. The van der Waals surface area contributed by atoms with Crippen molar-refractivity contribution in [3.05, 3.63) is 0 Å². The van der Waals surface area contributed by atoms with Crippen LogP contribution < -0.4 is 5.43 Å². The standard InChI is InChI=1S/C4H8FN3.CH4/c1-3(4(5)6)8-7-2;/h6-7H,1-2H3;1H4/b6-4?,8-3-;. The zero-order valence-electron chi connectivity index (χ0n) is 4.83. The number of halogens is 1. The molecule has 0 spiro atoms. The Morgan fingerprint density at radius 3 is 2.22 bits per heavy atom. The van der Waals surface area contributed by atoms with E-state index in [0.717, 1.165) is 0 Å². The third-order valence-corrected chi connectivity index (χ3v) is 0.597. The van der Waals surface area contributed by atoms with Gasteiger partial charge in [0.25, 0.3) is 0 Å². The second-order valence-electron chi connectivity index (χ2n) is 1.23. The fourth-order valence-corrected chi connectivity index (χ4v) is 0.217. The summed E-state index contributed by atoms with van der Waals surface area (Å²) in [5.41, 5.74) is 2.42. The van der Waals surface area contributed by atoms with Gasteiger partial charge in [-0.25, -0.2) is 0 Å². The molecule has 54 valence electrons. The van der Waals surface area contributed by atoms with Gasteiger partial charge in [0.1, 0.15) is 5.71 Å². The number of nitrogens with zero attached hydrogens (tertiary/aromatic N) is 1. The molecule has 0 aliphatic rings. The maximum absolute atomic E-state index is 11.7. The first kappa shape index (κ1) is 10.9. The first-order chi connectivity index (χ1) is 3.68. The Morgan fingerprint density at radius 2 is 2.11 bits per heavy atom. The average molecular weight is 133 g/mol. The highest BCUT2D eigenvalue weighted by molar-refractivity contribution is 6.36. The zero-order chi connectivity index (χ0) is 6.57. The minimum absolute atomic E-state index is 0. The molecule has 0 aliphatic heterocycles. The molecule has 0 fully saturated rings. The fourth-order valence-electron chi connectivity index (χ4n) is 0.217. The van der Waals surface area contributed by atoms with Gasteiger partial charge in [-0.1, -0.05) is 7.43 Å². The van der Waals surface area contributed by atoms with E-state index in [9.17, 15) is 4.39 Å². The van der Waals surface area contributed by atoms with Crippen molar-refractivity contribution in [3.63, 3.8) is 0 Å². The molecular weight excluding hydrogens is 121 g/mol. The third kappa shape index (κ3) is 4.93. The summed E-state index contributed by atoms with van der Waals surface area (Å²) in [5, 5.41) is 9.76. The molecule has 0 aromatic carbocycles. The van der Waals surface area contributed by atoms with Gasteiger partial charge in [-0.2, -0.15) is 9.49 Å². The largest absolute Gasteiger partial charge is 0.313 e. The minimum atomic E-state index is -1.00. The Balaban J connectivity index is 0. The van der Waals surface area contributed by atoms with Gasteiger partial charge in [-0.3, -0.25) is 5.41 Å². The monoisotopic (exact) mass is 133 g/mol. The Morgan fingerprint density at radius 1 is 1.67 bits per heavy atom. The van der Waals surface area contributed by atoms with Crippen LogP contribution >= 0.6 is 0 Å². The summed E-state index contributed by atoms with van der Waals surface area (Å²) in [7, 11) is 1.55. The molecule has 0 aromatic rings. The highest BCUT2D eigenvalue weighted by Crippen LogP contribution is 1.78. The van der Waals surface area contributed by atoms with Crippen LogP contribution in [0.1, 0.15) is 14.4 Å². The summed E-state index contributed by atoms with van der Waals surface area (Å²) in [6, 6.07) is 0. The molecule has 0 atom stereocenters. The quantitative estimate of drug-likeness (QED) is 0.431. The van der Waals surface area contributed by atoms with Crippen LogP contribution in [-0.2, 0) is 0 Å². The molecule has 0 aliphatic carbocycles. The van der Waals surface area contributed by atoms with Gasteiger partial charge in [-0.05, 0) is 6.92 Å². The maximum Gasteiger partial charge on any atom is 0.228 e. The summed E-state index contributed by atoms with van der Waals surface area (Å²) < 4.78 is 11.7. The van der Waals surface area contributed by atoms with Gasteiger partial charge >= 0.3 is 0 Å². The van der Waals surface area contributed by atoms with E-state index in [1.807, 2.05) is 0 Å². The molecule has 2 N–H and O–H groups in total. The molecule has 0 aromatic heterocycles. The predicted octanol–water partition coefficient (Wildman–Crippen LogP) is 1.16. The van der Waals surface area contributed by atoms with Gasteiger partial charge in [0.05, 0.1) is 0 Å². The summed E-state index contributed by atoms with van der Waals surface area (Å²) >= 11 is 0. The van der Waals surface area contributed by atoms with E-state index >= 15 is 0 Å². The Kier molecular flexibility index (Phi) is 6.34. The smallest absolute Gasteiger partial charge is 0.228 e. The molecule has 0 saturated heterocycles. The zero-order valence-corrected chi connectivity index (χ0v) is 4.83. The van der Waals surface area contributed by atoms with Crippen molar-refractivity contribution in [3.8, 4) is 0 Å². The summed E-state index contributed by atoms with van der Waals surface area (Å²) in [5.74, 6) is -1.00. The van der Waals surface area contributed by atoms with Gasteiger partial charge in [0.15, 0.2) is 0 Å². The molecule has 0 bridgehead atoms. The lowest BCUT2D eigenvalue weighted by Crippen LogP contribution is -2.07. The highest BCUT2D eigenvalue weighted by Gasteiger charge is 1.94. The third-order valence-electron chi connectivity index (χ3n) is 0.597. The SMILES string of the molecule is C.CN/N=C(/C)C(=N)F. The van der Waals surface area contributed by atoms with Gasteiger partial charge < -0.3 is 5.43 Å². The first-order valence-corrected chi connectivity index (χ1v) is 2.14. The van der Waals surface area contributed by atoms with Crippen LogP contribution in [0.2, 0.25) is 0 Å². The summed E-state index contributed by atoms with van der Waals surface area (Å²) in [6.07, 6.45) is 0. The second kappa shape index (κ2) is 5.21. The topological polar surface area (TPSA) is 48.2 Å². The van der Waals surface area contributed by atoms with E-state index in [4.69, 9.17) is 5.41 Å². The molecule has 3 nitrogen and oxygen atoms in total. The molecule has 0 amide bonds. The molecular formula is C5H12FN3. The number of hydrazone groups is 1. The van der Waals surface area contributed by atoms with Gasteiger partial charge in [-0.15, -0.1) is 0 Å². The Bertz CT molecular complexity index is 119. The average Bonchev–Trinajstić information content (AvgIpc) is 1.67. The number of hydrogen-bond donors (Lipinski definition) is 2. The molecule has 4 heteroatoms. The summed E-state index contributed by atoms with van der Waals surface area (Å²) in [6.45, 7) is 1.42. The van der Waals surface area contributed by atoms with Gasteiger partial charge in [0, 0.05) is 7.05 Å². The lowest BCUT2D eigenvalue weighted by atomic mass is 10.4. The van der Waals surface area contributed by atoms with Crippen LogP contribution in [0.15, 0.2) is 5.10 Å². The van der Waals surface area contributed by atoms with E-state index in [1.54, 1.807) is 7.05 Å². The van der Waals surface area contributed by atoms with Crippen molar-refractivity contribution in [1.82, 2.24) is 5.43 Å². The van der Waals surface area contributed by atoms with Crippen LogP contribution in [-0.4, -0.2) is 18.7 Å². The van der Waals surface area contributed by atoms with Crippen molar-refractivity contribution in [2.75, 3.05) is 7.05 Å². The Labute approximate surface area is 54.5 Å². The minimum Gasteiger partial charge on any atom is -0.313 e. The van der Waals surface area contributed by atoms with Crippen LogP contribution in [0, 0.1) is 5.41 Å². The lowest BCUT2D eigenvalue weighted by molar-refractivity contribution is 0.804. The van der Waals surface area contributed by atoms with Crippen LogP contribution in [0.25, 0.3) is 0 Å². The van der Waals surface area contributed by atoms with E-state index < -0.39 is 5.97 Å².